The second-order valence-electron chi connectivity index (χ2n) is 11.8. The quantitative estimate of drug-likeness (QED) is 0.303. The summed E-state index contributed by atoms with van der Waals surface area (Å²) in [4.78, 5) is 14.5. The molecule has 234 valence electrons. The summed E-state index contributed by atoms with van der Waals surface area (Å²) in [7, 11) is 1.31. The fraction of sp³-hybridized carbons (Fsp3) is 0.452. The van der Waals surface area contributed by atoms with Crippen LogP contribution in [0.15, 0.2) is 48.1 Å². The standard InChI is InChI=1S/C31H31F8NO3/c1-16-10-19(12-21(11-16)30(34,35)36)26-17(2)40(28(41)43-26)15-20-14-29(3,4)9-8-22(20)23-13-18(6-7-24(23)42-5)25(27(32)33)31(37,38)39/h6-7,10-13,17,26H,8-9,14-15H2,1-5H3/t17-,26-/m0/s1. The first-order valence-electron chi connectivity index (χ1n) is 13.5. The van der Waals surface area contributed by atoms with E-state index in [-0.39, 0.29) is 28.8 Å². The number of rotatable bonds is 6. The highest BCUT2D eigenvalue weighted by Gasteiger charge is 2.43. The zero-order valence-electron chi connectivity index (χ0n) is 24.1. The van der Waals surface area contributed by atoms with Crippen molar-refractivity contribution in [2.24, 2.45) is 5.41 Å². The van der Waals surface area contributed by atoms with Crippen LogP contribution in [0.4, 0.5) is 39.9 Å². The number of methoxy groups -OCH3 is 1. The second-order valence-corrected chi connectivity index (χ2v) is 11.8. The molecule has 43 heavy (non-hydrogen) atoms. The molecule has 0 bridgehead atoms. The monoisotopic (exact) mass is 617 g/mol. The Morgan fingerprint density at radius 3 is 2.33 bits per heavy atom. The summed E-state index contributed by atoms with van der Waals surface area (Å²) in [6.07, 6.45) is -13.1. The van der Waals surface area contributed by atoms with Crippen molar-refractivity contribution in [3.05, 3.63) is 75.9 Å². The minimum atomic E-state index is -5.30. The third kappa shape index (κ3) is 6.83. The van der Waals surface area contributed by atoms with Gasteiger partial charge in [-0.25, -0.2) is 4.79 Å². The minimum absolute atomic E-state index is 0.0277. The van der Waals surface area contributed by atoms with E-state index in [4.69, 9.17) is 9.47 Å². The van der Waals surface area contributed by atoms with Crippen LogP contribution in [0.3, 0.4) is 0 Å². The molecule has 0 spiro atoms. The Balaban J connectivity index is 1.78. The lowest BCUT2D eigenvalue weighted by molar-refractivity contribution is -0.137. The van der Waals surface area contributed by atoms with E-state index in [1.807, 2.05) is 13.8 Å². The molecule has 2 atom stereocenters. The molecule has 1 fully saturated rings. The molecule has 1 saturated heterocycles. The molecule has 1 aliphatic heterocycles. The van der Waals surface area contributed by atoms with Crippen LogP contribution in [0.1, 0.15) is 74.0 Å². The van der Waals surface area contributed by atoms with Crippen LogP contribution in [-0.4, -0.2) is 36.9 Å². The number of alkyl halides is 6. The van der Waals surface area contributed by atoms with E-state index in [0.717, 1.165) is 24.3 Å². The summed E-state index contributed by atoms with van der Waals surface area (Å²) in [5, 5.41) is 0. The lowest BCUT2D eigenvalue weighted by atomic mass is 9.72. The number of allylic oxidation sites excluding steroid dienone is 2. The highest BCUT2D eigenvalue weighted by molar-refractivity contribution is 5.80. The van der Waals surface area contributed by atoms with E-state index < -0.39 is 53.4 Å². The molecule has 0 N–H and O–H groups in total. The average Bonchev–Trinajstić information content (AvgIpc) is 3.15. The highest BCUT2D eigenvalue weighted by atomic mass is 19.4. The number of halogens is 8. The summed E-state index contributed by atoms with van der Waals surface area (Å²) in [5.74, 6) is 0.172. The van der Waals surface area contributed by atoms with Gasteiger partial charge in [0.2, 0.25) is 0 Å². The molecule has 1 heterocycles. The summed E-state index contributed by atoms with van der Waals surface area (Å²) in [6.45, 7) is 7.10. The van der Waals surface area contributed by atoms with E-state index in [2.05, 4.69) is 0 Å². The van der Waals surface area contributed by atoms with Crippen molar-refractivity contribution in [3.63, 3.8) is 0 Å². The van der Waals surface area contributed by atoms with Gasteiger partial charge in [0.15, 0.2) is 0 Å². The highest BCUT2D eigenvalue weighted by Crippen LogP contribution is 2.47. The van der Waals surface area contributed by atoms with Crippen LogP contribution < -0.4 is 4.74 Å². The van der Waals surface area contributed by atoms with Gasteiger partial charge in [0.05, 0.1) is 18.7 Å². The van der Waals surface area contributed by atoms with Crippen molar-refractivity contribution in [2.75, 3.05) is 13.7 Å². The van der Waals surface area contributed by atoms with Gasteiger partial charge in [-0.15, -0.1) is 0 Å². The van der Waals surface area contributed by atoms with Gasteiger partial charge in [0.1, 0.15) is 17.4 Å². The number of cyclic esters (lactones) is 1. The molecule has 0 saturated carbocycles. The average molecular weight is 618 g/mol. The maximum absolute atomic E-state index is 13.5. The van der Waals surface area contributed by atoms with Crippen LogP contribution in [0.2, 0.25) is 0 Å². The smallest absolute Gasteiger partial charge is 0.422 e. The number of hydrogen-bond acceptors (Lipinski definition) is 3. The molecule has 0 unspecified atom stereocenters. The molecule has 0 aromatic heterocycles. The fourth-order valence-corrected chi connectivity index (χ4v) is 5.87. The lowest BCUT2D eigenvalue weighted by Gasteiger charge is -2.36. The molecular weight excluding hydrogens is 586 g/mol. The molecule has 12 heteroatoms. The molecular formula is C31H31F8NO3. The molecule has 2 aromatic rings. The summed E-state index contributed by atoms with van der Waals surface area (Å²) in [6, 6.07) is 5.91. The van der Waals surface area contributed by atoms with Gasteiger partial charge in [-0.2, -0.15) is 35.1 Å². The molecule has 1 aliphatic carbocycles. The van der Waals surface area contributed by atoms with Crippen molar-refractivity contribution in [1.29, 1.82) is 0 Å². The van der Waals surface area contributed by atoms with Crippen molar-refractivity contribution >= 4 is 17.2 Å². The Morgan fingerprint density at radius 1 is 1.07 bits per heavy atom. The third-order valence-electron chi connectivity index (χ3n) is 7.97. The first kappa shape index (κ1) is 32.3. The maximum atomic E-state index is 13.5. The molecule has 0 radical (unpaired) electrons. The van der Waals surface area contributed by atoms with Crippen molar-refractivity contribution in [1.82, 2.24) is 4.90 Å². The predicted molar refractivity (Wildman–Crippen MR) is 144 cm³/mol. The van der Waals surface area contributed by atoms with Crippen LogP contribution >= 0.6 is 0 Å². The van der Waals surface area contributed by atoms with Gasteiger partial charge in [-0.3, -0.25) is 4.90 Å². The number of amides is 1. The number of hydrogen-bond donors (Lipinski definition) is 0. The molecule has 4 nitrogen and oxygen atoms in total. The maximum Gasteiger partial charge on any atom is 0.422 e. The Morgan fingerprint density at radius 2 is 1.74 bits per heavy atom. The normalized spacial score (nSPS) is 20.8. The second kappa shape index (κ2) is 11.5. The van der Waals surface area contributed by atoms with Crippen LogP contribution in [0.25, 0.3) is 11.1 Å². The third-order valence-corrected chi connectivity index (χ3v) is 7.97. The number of carbonyl (C=O) groups is 1. The summed E-state index contributed by atoms with van der Waals surface area (Å²) >= 11 is 0. The van der Waals surface area contributed by atoms with E-state index in [1.165, 1.54) is 31.1 Å². The van der Waals surface area contributed by atoms with Crippen molar-refractivity contribution < 1.29 is 49.4 Å². The van der Waals surface area contributed by atoms with Crippen molar-refractivity contribution in [3.8, 4) is 5.75 Å². The minimum Gasteiger partial charge on any atom is -0.496 e. The van der Waals surface area contributed by atoms with Crippen LogP contribution in [0.5, 0.6) is 5.75 Å². The lowest BCUT2D eigenvalue weighted by Crippen LogP contribution is -2.35. The van der Waals surface area contributed by atoms with Gasteiger partial charge in [-0.1, -0.05) is 31.5 Å². The van der Waals surface area contributed by atoms with Gasteiger partial charge in [-0.05, 0) is 85.1 Å². The Bertz CT molecular complexity index is 1470. The van der Waals surface area contributed by atoms with Crippen LogP contribution in [0, 0.1) is 12.3 Å². The van der Waals surface area contributed by atoms with Gasteiger partial charge >= 0.3 is 18.4 Å². The predicted octanol–water partition coefficient (Wildman–Crippen LogP) is 9.74. The van der Waals surface area contributed by atoms with E-state index in [1.54, 1.807) is 6.92 Å². The van der Waals surface area contributed by atoms with Crippen LogP contribution in [-0.2, 0) is 10.9 Å². The number of carbonyl (C=O) groups excluding carboxylic acids is 1. The number of aryl methyl sites for hydroxylation is 1. The number of benzene rings is 2. The summed E-state index contributed by atoms with van der Waals surface area (Å²) < 4.78 is 119. The first-order valence-corrected chi connectivity index (χ1v) is 13.5. The molecule has 4 rings (SSSR count). The number of ether oxygens (including phenoxy) is 2. The summed E-state index contributed by atoms with van der Waals surface area (Å²) in [5.41, 5.74) is -1.98. The largest absolute Gasteiger partial charge is 0.496 e. The van der Waals surface area contributed by atoms with Crippen molar-refractivity contribution in [2.45, 2.75) is 71.5 Å². The van der Waals surface area contributed by atoms with Gasteiger partial charge in [0, 0.05) is 12.1 Å². The molecule has 2 aromatic carbocycles. The first-order chi connectivity index (χ1) is 19.8. The zero-order valence-corrected chi connectivity index (χ0v) is 24.1. The Kier molecular flexibility index (Phi) is 8.65. The van der Waals surface area contributed by atoms with E-state index in [0.29, 0.717) is 36.0 Å². The topological polar surface area (TPSA) is 38.8 Å². The molecule has 1 amide bonds. The Hall–Kier alpha value is -3.57. The number of nitrogens with zero attached hydrogens (tertiary/aromatic N) is 1. The van der Waals surface area contributed by atoms with E-state index >= 15 is 0 Å². The Labute approximate surface area is 244 Å². The van der Waals surface area contributed by atoms with Gasteiger partial charge < -0.3 is 9.47 Å². The fourth-order valence-electron chi connectivity index (χ4n) is 5.87. The SMILES string of the molecule is COc1ccc(C(=C(F)F)C(F)(F)F)cc1C1=C(CN2C(=O)O[C@H](c3cc(C)cc(C(F)(F)F)c3)[C@@H]2C)CC(C)(C)CC1. The van der Waals surface area contributed by atoms with E-state index in [9.17, 15) is 39.9 Å². The molecule has 2 aliphatic rings. The van der Waals surface area contributed by atoms with Gasteiger partial charge in [0.25, 0.3) is 6.08 Å². The zero-order chi connectivity index (χ0) is 32.1.